The van der Waals surface area contributed by atoms with Gasteiger partial charge in [0.1, 0.15) is 5.82 Å². The Labute approximate surface area is 185 Å². The third-order valence-corrected chi connectivity index (χ3v) is 5.57. The van der Waals surface area contributed by atoms with Crippen molar-refractivity contribution in [3.8, 4) is 0 Å². The van der Waals surface area contributed by atoms with E-state index in [2.05, 4.69) is 39.3 Å². The Hall–Kier alpha value is -0.800. The zero-order chi connectivity index (χ0) is 18.4. The smallest absolute Gasteiger partial charge is 0.191 e. The topological polar surface area (TPSA) is 55.8 Å². The van der Waals surface area contributed by atoms with Gasteiger partial charge in [-0.2, -0.15) is 0 Å². The number of anilines is 1. The standard InChI is InChI=1S/C19H31ClN6.HI/c1-3-21-19(23-13-16-7-6-11-25(16)4-2)24-15-9-12-26(14-15)18-17(20)8-5-10-22-18;/h5,8,10,15-16H,3-4,6-7,9,11-14H2,1-2H3,(H2,21,23,24);1H. The molecule has 0 bridgehead atoms. The van der Waals surface area contributed by atoms with Gasteiger partial charge in [0, 0.05) is 37.9 Å². The fourth-order valence-corrected chi connectivity index (χ4v) is 4.15. The molecule has 1 aromatic heterocycles. The molecular formula is C19H32ClIN6. The molecule has 0 radical (unpaired) electrons. The van der Waals surface area contributed by atoms with Gasteiger partial charge < -0.3 is 15.5 Å². The number of nitrogens with zero attached hydrogens (tertiary/aromatic N) is 4. The molecule has 0 spiro atoms. The summed E-state index contributed by atoms with van der Waals surface area (Å²) in [6, 6.07) is 4.72. The van der Waals surface area contributed by atoms with Gasteiger partial charge in [0.05, 0.1) is 11.6 Å². The largest absolute Gasteiger partial charge is 0.357 e. The molecule has 3 rings (SSSR count). The Kier molecular flexibility index (Phi) is 9.38. The van der Waals surface area contributed by atoms with Crippen LogP contribution in [0.1, 0.15) is 33.1 Å². The second-order valence-electron chi connectivity index (χ2n) is 7.03. The Morgan fingerprint density at radius 2 is 2.19 bits per heavy atom. The Morgan fingerprint density at radius 1 is 1.33 bits per heavy atom. The lowest BCUT2D eigenvalue weighted by Crippen LogP contribution is -2.45. The summed E-state index contributed by atoms with van der Waals surface area (Å²) in [5.41, 5.74) is 0. The van der Waals surface area contributed by atoms with Crippen molar-refractivity contribution in [2.75, 3.05) is 44.2 Å². The normalized spacial score (nSPS) is 23.4. The van der Waals surface area contributed by atoms with Crippen molar-refractivity contribution >= 4 is 47.4 Å². The molecule has 27 heavy (non-hydrogen) atoms. The maximum absolute atomic E-state index is 6.29. The van der Waals surface area contributed by atoms with Crippen LogP contribution in [-0.2, 0) is 0 Å². The van der Waals surface area contributed by atoms with Gasteiger partial charge in [-0.25, -0.2) is 4.98 Å². The average Bonchev–Trinajstić information content (AvgIpc) is 3.29. The van der Waals surface area contributed by atoms with E-state index < -0.39 is 0 Å². The number of rotatable bonds is 6. The number of aliphatic imine (C=N–C) groups is 1. The van der Waals surface area contributed by atoms with Crippen molar-refractivity contribution in [2.45, 2.75) is 45.2 Å². The number of aromatic nitrogens is 1. The Bertz CT molecular complexity index is 614. The number of pyridine rings is 1. The van der Waals surface area contributed by atoms with E-state index in [9.17, 15) is 0 Å². The highest BCUT2D eigenvalue weighted by molar-refractivity contribution is 14.0. The first-order chi connectivity index (χ1) is 12.7. The minimum absolute atomic E-state index is 0. The van der Waals surface area contributed by atoms with Crippen LogP contribution in [0.4, 0.5) is 5.82 Å². The van der Waals surface area contributed by atoms with Crippen LogP contribution in [0.5, 0.6) is 0 Å². The van der Waals surface area contributed by atoms with Crippen LogP contribution in [-0.4, -0.2) is 67.2 Å². The number of likely N-dealkylation sites (tertiary alicyclic amines) is 1. The summed E-state index contributed by atoms with van der Waals surface area (Å²) >= 11 is 6.29. The highest BCUT2D eigenvalue weighted by atomic mass is 127. The first-order valence-corrected chi connectivity index (χ1v) is 10.2. The fraction of sp³-hybridized carbons (Fsp3) is 0.684. The van der Waals surface area contributed by atoms with Gasteiger partial charge in [-0.1, -0.05) is 18.5 Å². The summed E-state index contributed by atoms with van der Waals surface area (Å²) in [6.45, 7) is 10.3. The van der Waals surface area contributed by atoms with Gasteiger partial charge in [-0.15, -0.1) is 24.0 Å². The van der Waals surface area contributed by atoms with Gasteiger partial charge in [0.25, 0.3) is 0 Å². The highest BCUT2D eigenvalue weighted by Gasteiger charge is 2.26. The predicted octanol–water partition coefficient (Wildman–Crippen LogP) is 2.97. The quantitative estimate of drug-likeness (QED) is 0.353. The predicted molar refractivity (Wildman–Crippen MR) is 125 cm³/mol. The molecule has 2 aliphatic heterocycles. The van der Waals surface area contributed by atoms with Crippen LogP contribution >= 0.6 is 35.6 Å². The summed E-state index contributed by atoms with van der Waals surface area (Å²) in [7, 11) is 0. The Balaban J connectivity index is 0.00000261. The Morgan fingerprint density at radius 3 is 2.93 bits per heavy atom. The number of hydrogen-bond acceptors (Lipinski definition) is 4. The van der Waals surface area contributed by atoms with Gasteiger partial charge in [0.15, 0.2) is 5.96 Å². The molecule has 0 amide bonds. The van der Waals surface area contributed by atoms with Crippen molar-refractivity contribution < 1.29 is 0 Å². The summed E-state index contributed by atoms with van der Waals surface area (Å²) in [4.78, 5) is 14.1. The van der Waals surface area contributed by atoms with Crippen molar-refractivity contribution in [3.05, 3.63) is 23.4 Å². The van der Waals surface area contributed by atoms with Gasteiger partial charge in [0.2, 0.25) is 0 Å². The van der Waals surface area contributed by atoms with E-state index in [-0.39, 0.29) is 24.0 Å². The number of halogens is 2. The third-order valence-electron chi connectivity index (χ3n) is 5.28. The van der Waals surface area contributed by atoms with Gasteiger partial charge >= 0.3 is 0 Å². The molecule has 2 unspecified atom stereocenters. The lowest BCUT2D eigenvalue weighted by molar-refractivity contribution is 0.273. The highest BCUT2D eigenvalue weighted by Crippen LogP contribution is 2.25. The SMILES string of the molecule is CCNC(=NCC1CCCN1CC)NC1CCN(c2ncccc2Cl)C1.I. The third kappa shape index (κ3) is 6.09. The zero-order valence-electron chi connectivity index (χ0n) is 16.3. The maximum Gasteiger partial charge on any atom is 0.191 e. The molecule has 0 aromatic carbocycles. The van der Waals surface area contributed by atoms with E-state index in [0.717, 1.165) is 55.9 Å². The molecule has 2 fully saturated rings. The maximum atomic E-state index is 6.29. The molecule has 2 saturated heterocycles. The minimum atomic E-state index is 0. The first kappa shape index (κ1) is 22.5. The van der Waals surface area contributed by atoms with Crippen molar-refractivity contribution in [2.24, 2.45) is 4.99 Å². The average molecular weight is 507 g/mol. The first-order valence-electron chi connectivity index (χ1n) is 9.85. The molecule has 152 valence electrons. The lowest BCUT2D eigenvalue weighted by Gasteiger charge is -2.23. The molecule has 2 aliphatic rings. The monoisotopic (exact) mass is 506 g/mol. The summed E-state index contributed by atoms with van der Waals surface area (Å²) in [5.74, 6) is 1.80. The molecule has 6 nitrogen and oxygen atoms in total. The molecule has 0 saturated carbocycles. The van der Waals surface area contributed by atoms with Crippen LogP contribution in [0.3, 0.4) is 0 Å². The molecule has 2 atom stereocenters. The molecule has 3 heterocycles. The summed E-state index contributed by atoms with van der Waals surface area (Å²) < 4.78 is 0. The number of nitrogens with one attached hydrogen (secondary N) is 2. The van der Waals surface area contributed by atoms with E-state index in [1.165, 1.54) is 19.4 Å². The molecule has 8 heteroatoms. The van der Waals surface area contributed by atoms with Crippen LogP contribution < -0.4 is 15.5 Å². The van der Waals surface area contributed by atoms with Crippen LogP contribution in [0.15, 0.2) is 23.3 Å². The fourth-order valence-electron chi connectivity index (χ4n) is 3.91. The lowest BCUT2D eigenvalue weighted by atomic mass is 10.2. The number of guanidine groups is 1. The number of hydrogen-bond donors (Lipinski definition) is 2. The minimum Gasteiger partial charge on any atom is -0.357 e. The van der Waals surface area contributed by atoms with E-state index in [1.54, 1.807) is 6.20 Å². The number of likely N-dealkylation sites (N-methyl/N-ethyl adjacent to an activating group) is 1. The van der Waals surface area contributed by atoms with E-state index in [4.69, 9.17) is 16.6 Å². The van der Waals surface area contributed by atoms with Crippen molar-refractivity contribution in [1.82, 2.24) is 20.5 Å². The van der Waals surface area contributed by atoms with Gasteiger partial charge in [-0.3, -0.25) is 9.89 Å². The second-order valence-corrected chi connectivity index (χ2v) is 7.44. The van der Waals surface area contributed by atoms with Crippen LogP contribution in [0, 0.1) is 0 Å². The molecule has 0 aliphatic carbocycles. The zero-order valence-corrected chi connectivity index (χ0v) is 19.4. The van der Waals surface area contributed by atoms with E-state index >= 15 is 0 Å². The van der Waals surface area contributed by atoms with Gasteiger partial charge in [-0.05, 0) is 51.4 Å². The van der Waals surface area contributed by atoms with Crippen molar-refractivity contribution in [3.63, 3.8) is 0 Å². The summed E-state index contributed by atoms with van der Waals surface area (Å²) in [6.07, 6.45) is 5.41. The molecular weight excluding hydrogens is 475 g/mol. The van der Waals surface area contributed by atoms with Crippen LogP contribution in [0.2, 0.25) is 5.02 Å². The van der Waals surface area contributed by atoms with E-state index in [0.29, 0.717) is 12.1 Å². The van der Waals surface area contributed by atoms with Crippen molar-refractivity contribution in [1.29, 1.82) is 0 Å². The molecule has 1 aromatic rings. The van der Waals surface area contributed by atoms with Crippen LogP contribution in [0.25, 0.3) is 0 Å². The van der Waals surface area contributed by atoms with E-state index in [1.807, 2.05) is 12.1 Å². The second kappa shape index (κ2) is 11.3. The molecule has 2 N–H and O–H groups in total. The summed E-state index contributed by atoms with van der Waals surface area (Å²) in [5, 5.41) is 7.71.